The maximum absolute atomic E-state index is 13.1. The summed E-state index contributed by atoms with van der Waals surface area (Å²) in [5.74, 6) is -0.218. The van der Waals surface area contributed by atoms with Gasteiger partial charge in [-0.15, -0.1) is 0 Å². The van der Waals surface area contributed by atoms with E-state index in [1.807, 2.05) is 18.2 Å². The molecular formula is C17H15ClFN. The number of halogens is 2. The molecule has 0 atom stereocenters. The number of benzene rings is 2. The van der Waals surface area contributed by atoms with Gasteiger partial charge in [-0.3, -0.25) is 0 Å². The predicted molar refractivity (Wildman–Crippen MR) is 82.7 cm³/mol. The summed E-state index contributed by atoms with van der Waals surface area (Å²) in [5, 5.41) is 1.89. The second-order valence-corrected chi connectivity index (χ2v) is 5.36. The molecule has 0 aliphatic carbocycles. The van der Waals surface area contributed by atoms with Crippen LogP contribution >= 0.6 is 11.6 Å². The van der Waals surface area contributed by atoms with E-state index in [9.17, 15) is 4.39 Å². The first-order valence-electron chi connectivity index (χ1n) is 6.75. The molecule has 0 bridgehead atoms. The monoisotopic (exact) mass is 287 g/mol. The third-order valence-electron chi connectivity index (χ3n) is 3.50. The number of fused-ring (bicyclic) bond motifs is 1. The molecule has 102 valence electrons. The van der Waals surface area contributed by atoms with E-state index >= 15 is 0 Å². The highest BCUT2D eigenvalue weighted by Gasteiger charge is 2.12. The molecule has 3 aromatic rings. The van der Waals surface area contributed by atoms with E-state index in [4.69, 9.17) is 11.6 Å². The van der Waals surface area contributed by atoms with E-state index < -0.39 is 0 Å². The Bertz CT molecular complexity index is 744. The third kappa shape index (κ3) is 2.32. The van der Waals surface area contributed by atoms with Crippen molar-refractivity contribution in [3.8, 4) is 11.3 Å². The van der Waals surface area contributed by atoms with Crippen LogP contribution in [0.4, 0.5) is 4.39 Å². The van der Waals surface area contributed by atoms with Crippen molar-refractivity contribution in [2.75, 3.05) is 0 Å². The van der Waals surface area contributed by atoms with Crippen LogP contribution < -0.4 is 0 Å². The minimum absolute atomic E-state index is 0.218. The van der Waals surface area contributed by atoms with Crippen molar-refractivity contribution in [3.63, 3.8) is 0 Å². The SMILES string of the molecule is CCCc1c(-c2ccc(F)cc2)[nH]c2ccc(Cl)cc12. The lowest BCUT2D eigenvalue weighted by molar-refractivity contribution is 0.628. The van der Waals surface area contributed by atoms with Crippen LogP contribution in [0.25, 0.3) is 22.2 Å². The van der Waals surface area contributed by atoms with Gasteiger partial charge in [0.25, 0.3) is 0 Å². The Kier molecular flexibility index (Phi) is 3.49. The number of H-pyrrole nitrogens is 1. The summed E-state index contributed by atoms with van der Waals surface area (Å²) in [6.45, 7) is 2.15. The van der Waals surface area contributed by atoms with Crippen LogP contribution in [0.1, 0.15) is 18.9 Å². The topological polar surface area (TPSA) is 15.8 Å². The Morgan fingerprint density at radius 1 is 1.10 bits per heavy atom. The maximum Gasteiger partial charge on any atom is 0.123 e. The molecule has 2 aromatic carbocycles. The van der Waals surface area contributed by atoms with E-state index in [2.05, 4.69) is 11.9 Å². The molecule has 1 N–H and O–H groups in total. The van der Waals surface area contributed by atoms with Gasteiger partial charge in [-0.2, -0.15) is 0 Å². The quantitative estimate of drug-likeness (QED) is 0.647. The number of hydrogen-bond acceptors (Lipinski definition) is 0. The average Bonchev–Trinajstić information content (AvgIpc) is 2.79. The number of nitrogens with one attached hydrogen (secondary N) is 1. The fourth-order valence-electron chi connectivity index (χ4n) is 2.59. The second-order valence-electron chi connectivity index (χ2n) is 4.93. The van der Waals surface area contributed by atoms with E-state index in [1.54, 1.807) is 12.1 Å². The van der Waals surface area contributed by atoms with Gasteiger partial charge in [0.05, 0.1) is 0 Å². The number of rotatable bonds is 3. The lowest BCUT2D eigenvalue weighted by Gasteiger charge is -2.04. The Balaban J connectivity index is 2.23. The Hall–Kier alpha value is -1.80. The molecule has 0 spiro atoms. The molecule has 0 radical (unpaired) electrons. The Labute approximate surface area is 122 Å². The van der Waals surface area contributed by atoms with Crippen molar-refractivity contribution >= 4 is 22.5 Å². The highest BCUT2D eigenvalue weighted by Crippen LogP contribution is 2.32. The van der Waals surface area contributed by atoms with E-state index in [0.717, 1.165) is 40.0 Å². The standard InChI is InChI=1S/C17H15ClFN/c1-2-3-14-15-10-12(18)6-9-16(15)20-17(14)11-4-7-13(19)8-5-11/h4-10,20H,2-3H2,1H3. The van der Waals surface area contributed by atoms with Crippen molar-refractivity contribution in [1.82, 2.24) is 4.98 Å². The van der Waals surface area contributed by atoms with E-state index in [0.29, 0.717) is 0 Å². The molecule has 3 rings (SSSR count). The van der Waals surface area contributed by atoms with Gasteiger partial charge in [-0.05, 0) is 60.0 Å². The summed E-state index contributed by atoms with van der Waals surface area (Å²) in [6.07, 6.45) is 2.01. The predicted octanol–water partition coefficient (Wildman–Crippen LogP) is 5.58. The van der Waals surface area contributed by atoms with Crippen LogP contribution in [0.3, 0.4) is 0 Å². The van der Waals surface area contributed by atoms with Gasteiger partial charge >= 0.3 is 0 Å². The van der Waals surface area contributed by atoms with Gasteiger partial charge in [-0.1, -0.05) is 24.9 Å². The molecule has 1 heterocycles. The van der Waals surface area contributed by atoms with Crippen LogP contribution in [-0.4, -0.2) is 4.98 Å². The molecule has 0 fully saturated rings. The minimum Gasteiger partial charge on any atom is -0.354 e. The summed E-state index contributed by atoms with van der Waals surface area (Å²) in [5.41, 5.74) is 4.38. The largest absolute Gasteiger partial charge is 0.354 e. The lowest BCUT2D eigenvalue weighted by Crippen LogP contribution is -1.87. The van der Waals surface area contributed by atoms with Gasteiger partial charge in [-0.25, -0.2) is 4.39 Å². The summed E-state index contributed by atoms with van der Waals surface area (Å²) >= 11 is 6.10. The highest BCUT2D eigenvalue weighted by atomic mass is 35.5. The van der Waals surface area contributed by atoms with Crippen LogP contribution in [-0.2, 0) is 6.42 Å². The lowest BCUT2D eigenvalue weighted by atomic mass is 10.0. The van der Waals surface area contributed by atoms with Crippen LogP contribution in [0, 0.1) is 5.82 Å². The number of aromatic amines is 1. The zero-order valence-corrected chi connectivity index (χ0v) is 12.0. The smallest absolute Gasteiger partial charge is 0.123 e. The van der Waals surface area contributed by atoms with Crippen LogP contribution in [0.5, 0.6) is 0 Å². The first-order valence-corrected chi connectivity index (χ1v) is 7.13. The molecule has 0 aliphatic heterocycles. The fraction of sp³-hybridized carbons (Fsp3) is 0.176. The van der Waals surface area contributed by atoms with Crippen molar-refractivity contribution in [2.45, 2.75) is 19.8 Å². The normalized spacial score (nSPS) is 11.2. The van der Waals surface area contributed by atoms with Crippen molar-refractivity contribution < 1.29 is 4.39 Å². The van der Waals surface area contributed by atoms with Crippen LogP contribution in [0.15, 0.2) is 42.5 Å². The van der Waals surface area contributed by atoms with E-state index in [-0.39, 0.29) is 5.82 Å². The number of hydrogen-bond donors (Lipinski definition) is 1. The van der Waals surface area contributed by atoms with Gasteiger partial charge in [0, 0.05) is 21.6 Å². The molecule has 0 saturated carbocycles. The van der Waals surface area contributed by atoms with Crippen molar-refractivity contribution in [2.24, 2.45) is 0 Å². The molecule has 1 nitrogen and oxygen atoms in total. The fourth-order valence-corrected chi connectivity index (χ4v) is 2.76. The molecular weight excluding hydrogens is 273 g/mol. The van der Waals surface area contributed by atoms with Crippen LogP contribution in [0.2, 0.25) is 5.02 Å². The minimum atomic E-state index is -0.218. The zero-order chi connectivity index (χ0) is 14.1. The molecule has 0 saturated heterocycles. The summed E-state index contributed by atoms with van der Waals surface area (Å²) in [4.78, 5) is 3.43. The molecule has 1 aromatic heterocycles. The average molecular weight is 288 g/mol. The highest BCUT2D eigenvalue weighted by molar-refractivity contribution is 6.31. The molecule has 0 amide bonds. The second kappa shape index (κ2) is 5.29. The van der Waals surface area contributed by atoms with E-state index in [1.165, 1.54) is 17.7 Å². The maximum atomic E-state index is 13.1. The summed E-state index contributed by atoms with van der Waals surface area (Å²) in [7, 11) is 0. The Morgan fingerprint density at radius 3 is 2.55 bits per heavy atom. The summed E-state index contributed by atoms with van der Waals surface area (Å²) < 4.78 is 13.1. The molecule has 3 heteroatoms. The van der Waals surface area contributed by atoms with Crippen molar-refractivity contribution in [3.05, 3.63) is 58.9 Å². The zero-order valence-electron chi connectivity index (χ0n) is 11.2. The molecule has 0 unspecified atom stereocenters. The van der Waals surface area contributed by atoms with Gasteiger partial charge in [0.1, 0.15) is 5.82 Å². The van der Waals surface area contributed by atoms with Gasteiger partial charge in [0.15, 0.2) is 0 Å². The van der Waals surface area contributed by atoms with Crippen molar-refractivity contribution in [1.29, 1.82) is 0 Å². The third-order valence-corrected chi connectivity index (χ3v) is 3.74. The summed E-state index contributed by atoms with van der Waals surface area (Å²) in [6, 6.07) is 12.5. The first-order chi connectivity index (χ1) is 9.69. The van der Waals surface area contributed by atoms with Gasteiger partial charge in [0.2, 0.25) is 0 Å². The number of aromatic nitrogens is 1. The Morgan fingerprint density at radius 2 is 1.85 bits per heavy atom. The first kappa shape index (κ1) is 13.2. The molecule has 20 heavy (non-hydrogen) atoms. The number of aryl methyl sites for hydroxylation is 1. The van der Waals surface area contributed by atoms with Gasteiger partial charge < -0.3 is 4.98 Å². The molecule has 0 aliphatic rings.